The molecule has 3 heterocycles. The quantitative estimate of drug-likeness (QED) is 0.756. The predicted molar refractivity (Wildman–Crippen MR) is 108 cm³/mol. The lowest BCUT2D eigenvalue weighted by atomic mass is 10.1. The molecule has 28 heavy (non-hydrogen) atoms. The largest absolute Gasteiger partial charge is 0.324 e. The summed E-state index contributed by atoms with van der Waals surface area (Å²) in [5.74, 6) is -0.584. The summed E-state index contributed by atoms with van der Waals surface area (Å²) in [6.45, 7) is 6.47. The number of anilines is 2. The third kappa shape index (κ3) is 3.35. The molecule has 2 amide bonds. The molecule has 0 bridgehead atoms. The van der Waals surface area contributed by atoms with Gasteiger partial charge in [-0.3, -0.25) is 9.59 Å². The van der Waals surface area contributed by atoms with E-state index in [1.165, 1.54) is 0 Å². The normalized spacial score (nSPS) is 16.9. The van der Waals surface area contributed by atoms with Crippen molar-refractivity contribution in [1.29, 1.82) is 0 Å². The number of fused-ring (bicyclic) bond motifs is 1. The fraction of sp³-hybridized carbons (Fsp3) is 0.333. The van der Waals surface area contributed by atoms with E-state index in [2.05, 4.69) is 15.4 Å². The van der Waals surface area contributed by atoms with Gasteiger partial charge in [0.2, 0.25) is 11.8 Å². The lowest BCUT2D eigenvalue weighted by Gasteiger charge is -2.17. The monoisotopic (exact) mass is 377 g/mol. The van der Waals surface area contributed by atoms with Crippen molar-refractivity contribution < 1.29 is 9.59 Å². The van der Waals surface area contributed by atoms with Crippen LogP contribution in [0, 0.1) is 12.8 Å². The van der Waals surface area contributed by atoms with E-state index in [0.717, 1.165) is 22.3 Å². The van der Waals surface area contributed by atoms with E-state index >= 15 is 0 Å². The second-order valence-electron chi connectivity index (χ2n) is 7.55. The van der Waals surface area contributed by atoms with Gasteiger partial charge in [-0.15, -0.1) is 0 Å². The number of aromatic nitrogens is 3. The number of benzene rings is 1. The molecule has 0 radical (unpaired) electrons. The van der Waals surface area contributed by atoms with Crippen LogP contribution >= 0.6 is 0 Å². The van der Waals surface area contributed by atoms with Crippen LogP contribution in [0.3, 0.4) is 0 Å². The summed E-state index contributed by atoms with van der Waals surface area (Å²) in [5.41, 5.74) is 3.36. The van der Waals surface area contributed by atoms with E-state index < -0.39 is 0 Å². The first-order chi connectivity index (χ1) is 13.4. The number of pyridine rings is 1. The van der Waals surface area contributed by atoms with Gasteiger partial charge in [0.1, 0.15) is 0 Å². The fourth-order valence-corrected chi connectivity index (χ4v) is 3.49. The van der Waals surface area contributed by atoms with E-state index in [0.29, 0.717) is 12.2 Å². The Morgan fingerprint density at radius 3 is 2.68 bits per heavy atom. The zero-order valence-electron chi connectivity index (χ0n) is 16.2. The van der Waals surface area contributed by atoms with Crippen molar-refractivity contribution in [3.05, 3.63) is 48.3 Å². The minimum absolute atomic E-state index is 0.0317. The summed E-state index contributed by atoms with van der Waals surface area (Å²) in [5, 5.41) is 8.11. The second-order valence-corrected chi connectivity index (χ2v) is 7.55. The molecular formula is C21H23N5O2. The summed E-state index contributed by atoms with van der Waals surface area (Å²) in [6.07, 6.45) is 3.59. The van der Waals surface area contributed by atoms with Gasteiger partial charge in [-0.2, -0.15) is 5.10 Å². The lowest BCUT2D eigenvalue weighted by molar-refractivity contribution is -0.122. The predicted octanol–water partition coefficient (Wildman–Crippen LogP) is 3.31. The molecule has 2 aromatic heterocycles. The average Bonchev–Trinajstić information content (AvgIpc) is 3.26. The number of nitrogens with one attached hydrogen (secondary N) is 1. The van der Waals surface area contributed by atoms with Crippen LogP contribution in [-0.2, 0) is 9.59 Å². The Kier molecular flexibility index (Phi) is 4.58. The maximum absolute atomic E-state index is 12.7. The van der Waals surface area contributed by atoms with E-state index in [1.807, 2.05) is 55.8 Å². The molecule has 0 aliphatic carbocycles. The molecule has 1 aliphatic rings. The van der Waals surface area contributed by atoms with Crippen LogP contribution in [0.4, 0.5) is 11.4 Å². The Balaban J connectivity index is 1.47. The highest BCUT2D eigenvalue weighted by atomic mass is 16.2. The Labute approximate surface area is 163 Å². The lowest BCUT2D eigenvalue weighted by Crippen LogP contribution is -2.28. The van der Waals surface area contributed by atoms with Crippen molar-refractivity contribution in [3.63, 3.8) is 0 Å². The van der Waals surface area contributed by atoms with Crippen LogP contribution in [0.5, 0.6) is 0 Å². The topological polar surface area (TPSA) is 80.1 Å². The van der Waals surface area contributed by atoms with Crippen LogP contribution in [0.15, 0.2) is 42.7 Å². The maximum atomic E-state index is 12.7. The molecule has 1 atom stereocenters. The van der Waals surface area contributed by atoms with Gasteiger partial charge in [-0.1, -0.05) is 17.7 Å². The fourth-order valence-electron chi connectivity index (χ4n) is 3.49. The highest BCUT2D eigenvalue weighted by Gasteiger charge is 2.35. The van der Waals surface area contributed by atoms with Crippen molar-refractivity contribution in [2.24, 2.45) is 5.92 Å². The summed E-state index contributed by atoms with van der Waals surface area (Å²) in [6, 6.07) is 9.83. The Morgan fingerprint density at radius 1 is 1.21 bits per heavy atom. The Hall–Kier alpha value is -3.22. The molecular weight excluding hydrogens is 354 g/mol. The van der Waals surface area contributed by atoms with Crippen LogP contribution in [0.25, 0.3) is 11.0 Å². The smallest absolute Gasteiger partial charge is 0.229 e. The molecule has 1 fully saturated rings. The summed E-state index contributed by atoms with van der Waals surface area (Å²) >= 11 is 0. The molecule has 7 heteroatoms. The van der Waals surface area contributed by atoms with Gasteiger partial charge in [-0.25, -0.2) is 9.67 Å². The van der Waals surface area contributed by atoms with Crippen LogP contribution in [-0.4, -0.2) is 33.1 Å². The van der Waals surface area contributed by atoms with Gasteiger partial charge < -0.3 is 10.2 Å². The van der Waals surface area contributed by atoms with Crippen molar-refractivity contribution in [2.45, 2.75) is 33.2 Å². The third-order valence-corrected chi connectivity index (χ3v) is 5.03. The van der Waals surface area contributed by atoms with Gasteiger partial charge in [0.15, 0.2) is 5.65 Å². The number of nitrogens with zero attached hydrogens (tertiary/aromatic N) is 4. The number of aryl methyl sites for hydroxylation is 1. The van der Waals surface area contributed by atoms with Crippen LogP contribution < -0.4 is 10.2 Å². The molecule has 7 nitrogen and oxygen atoms in total. The first-order valence-corrected chi connectivity index (χ1v) is 9.43. The van der Waals surface area contributed by atoms with Gasteiger partial charge in [0.25, 0.3) is 0 Å². The zero-order chi connectivity index (χ0) is 19.8. The highest BCUT2D eigenvalue weighted by molar-refractivity contribution is 6.03. The molecule has 4 rings (SSSR count). The summed E-state index contributed by atoms with van der Waals surface area (Å²) in [4.78, 5) is 31.2. The number of rotatable bonds is 4. The van der Waals surface area contributed by atoms with Gasteiger partial charge in [0, 0.05) is 30.1 Å². The molecule has 1 N–H and O–H groups in total. The zero-order valence-corrected chi connectivity index (χ0v) is 16.2. The van der Waals surface area contributed by atoms with E-state index in [4.69, 9.17) is 0 Å². The molecule has 144 valence electrons. The van der Waals surface area contributed by atoms with E-state index in [-0.39, 0.29) is 30.2 Å². The summed E-state index contributed by atoms with van der Waals surface area (Å²) in [7, 11) is 0. The van der Waals surface area contributed by atoms with Gasteiger partial charge in [0.05, 0.1) is 24.0 Å². The first kappa shape index (κ1) is 18.2. The molecule has 0 unspecified atom stereocenters. The Bertz CT molecular complexity index is 1040. The number of hydrogen-bond donors (Lipinski definition) is 1. The SMILES string of the molecule is Cc1ccc(N2C[C@@H](C(=O)Nc3cnc4c(cnn4C(C)C)c3)CC2=O)cc1. The number of carbonyl (C=O) groups is 2. The minimum atomic E-state index is -0.386. The molecule has 0 spiro atoms. The highest BCUT2D eigenvalue weighted by Crippen LogP contribution is 2.27. The molecule has 0 saturated carbocycles. The summed E-state index contributed by atoms with van der Waals surface area (Å²) < 4.78 is 1.84. The minimum Gasteiger partial charge on any atom is -0.324 e. The molecule has 3 aromatic rings. The molecule has 1 saturated heterocycles. The van der Waals surface area contributed by atoms with Gasteiger partial charge in [-0.05, 0) is 39.0 Å². The van der Waals surface area contributed by atoms with Crippen molar-refractivity contribution in [2.75, 3.05) is 16.8 Å². The number of amides is 2. The van der Waals surface area contributed by atoms with Crippen LogP contribution in [0.1, 0.15) is 31.9 Å². The van der Waals surface area contributed by atoms with Crippen LogP contribution in [0.2, 0.25) is 0 Å². The molecule has 1 aliphatic heterocycles. The maximum Gasteiger partial charge on any atom is 0.229 e. The second kappa shape index (κ2) is 7.07. The third-order valence-electron chi connectivity index (χ3n) is 5.03. The van der Waals surface area contributed by atoms with E-state index in [9.17, 15) is 9.59 Å². The van der Waals surface area contributed by atoms with Crippen molar-refractivity contribution in [1.82, 2.24) is 14.8 Å². The molecule has 1 aromatic carbocycles. The average molecular weight is 377 g/mol. The van der Waals surface area contributed by atoms with E-state index in [1.54, 1.807) is 17.3 Å². The van der Waals surface area contributed by atoms with Gasteiger partial charge >= 0.3 is 0 Å². The number of carbonyl (C=O) groups excluding carboxylic acids is 2. The Morgan fingerprint density at radius 2 is 1.96 bits per heavy atom. The number of hydrogen-bond acceptors (Lipinski definition) is 4. The van der Waals surface area contributed by atoms with Crippen molar-refractivity contribution >= 4 is 34.2 Å². The van der Waals surface area contributed by atoms with Crippen molar-refractivity contribution in [3.8, 4) is 0 Å². The standard InChI is InChI=1S/C21H23N5O2/c1-13(2)26-20-15(10-23-26)8-17(11-22-20)24-21(28)16-9-19(27)25(12-16)18-6-4-14(3)5-7-18/h4-8,10-11,13,16H,9,12H2,1-3H3,(H,24,28)/t16-/m0/s1. The first-order valence-electron chi connectivity index (χ1n) is 9.43.